The molecule has 0 spiro atoms. The van der Waals surface area contributed by atoms with E-state index in [1.807, 2.05) is 67.6 Å². The molecule has 2 unspecified atom stereocenters. The Morgan fingerprint density at radius 3 is 2.51 bits per heavy atom. The van der Waals surface area contributed by atoms with E-state index in [1.54, 1.807) is 31.2 Å². The fraction of sp³-hybridized carbons (Fsp3) is 0.242. The third-order valence-electron chi connectivity index (χ3n) is 7.79. The number of imide groups is 1. The predicted molar refractivity (Wildman–Crippen MR) is 161 cm³/mol. The number of pyridine rings is 1. The maximum Gasteiger partial charge on any atom is 0.322 e. The van der Waals surface area contributed by atoms with Gasteiger partial charge in [0.25, 0.3) is 11.8 Å². The lowest BCUT2D eigenvalue weighted by Gasteiger charge is -2.28. The zero-order chi connectivity index (χ0) is 30.0. The maximum atomic E-state index is 12.9. The molecule has 10 heteroatoms. The molecule has 1 saturated heterocycles. The zero-order valence-corrected chi connectivity index (χ0v) is 23.8. The normalized spacial score (nSPS) is 21.1. The average molecular weight is 578 g/mol. The van der Waals surface area contributed by atoms with Crippen molar-refractivity contribution in [2.45, 2.75) is 44.4 Å². The first-order valence-electron chi connectivity index (χ1n) is 14.0. The van der Waals surface area contributed by atoms with Crippen molar-refractivity contribution < 1.29 is 24.0 Å². The van der Waals surface area contributed by atoms with E-state index in [2.05, 4.69) is 26.1 Å². The van der Waals surface area contributed by atoms with Crippen LogP contribution in [0.2, 0.25) is 0 Å². The number of benzene rings is 3. The van der Waals surface area contributed by atoms with Crippen LogP contribution < -0.4 is 20.7 Å². The summed E-state index contributed by atoms with van der Waals surface area (Å²) in [6, 6.07) is 25.9. The van der Waals surface area contributed by atoms with Crippen LogP contribution in [0, 0.1) is 6.92 Å². The number of hydrogen-bond donors (Lipinski definition) is 3. The van der Waals surface area contributed by atoms with Crippen molar-refractivity contribution in [3.63, 3.8) is 0 Å². The molecule has 6 rings (SSSR count). The number of carbonyl (C=O) groups excluding carboxylic acids is 3. The number of aromatic nitrogens is 1. The van der Waals surface area contributed by atoms with Crippen LogP contribution in [0.1, 0.15) is 46.9 Å². The summed E-state index contributed by atoms with van der Waals surface area (Å²) in [5, 5.41) is 13.3. The molecule has 3 N–H and O–H groups in total. The van der Waals surface area contributed by atoms with Gasteiger partial charge in [-0.3, -0.25) is 19.9 Å². The summed E-state index contributed by atoms with van der Waals surface area (Å²) in [6.07, 6.45) is 0.475. The number of oxime groups is 1. The molecule has 218 valence electrons. The van der Waals surface area contributed by atoms with E-state index >= 15 is 0 Å². The molecule has 1 aromatic heterocycles. The van der Waals surface area contributed by atoms with Gasteiger partial charge in [0.15, 0.2) is 5.60 Å². The Hall–Kier alpha value is -5.25. The van der Waals surface area contributed by atoms with E-state index < -0.39 is 23.1 Å². The topological polar surface area (TPSA) is 131 Å². The molecular weight excluding hydrogens is 546 g/mol. The molecule has 10 nitrogen and oxygen atoms in total. The van der Waals surface area contributed by atoms with Gasteiger partial charge < -0.3 is 20.2 Å². The number of aryl methyl sites for hydroxylation is 1. The SMILES string of the molecule is Cc1cc(COc2ccc(C3(CNC(=O)c4ccccc4)CC(CC4(C)NC(=O)NC4=O)=NO3)cc2)c2ccccc2n1. The van der Waals surface area contributed by atoms with Crippen molar-refractivity contribution in [3.8, 4) is 5.75 Å². The van der Waals surface area contributed by atoms with Gasteiger partial charge in [-0.2, -0.15) is 0 Å². The third-order valence-corrected chi connectivity index (χ3v) is 7.79. The van der Waals surface area contributed by atoms with Crippen LogP contribution in [0.25, 0.3) is 10.9 Å². The van der Waals surface area contributed by atoms with Gasteiger partial charge in [-0.05, 0) is 50.2 Å². The summed E-state index contributed by atoms with van der Waals surface area (Å²) in [5.74, 6) is 0.00255. The third kappa shape index (κ3) is 5.76. The molecular formula is C33H31N5O5. The largest absolute Gasteiger partial charge is 0.489 e. The molecule has 4 aromatic rings. The van der Waals surface area contributed by atoms with Gasteiger partial charge in [0.1, 0.15) is 17.9 Å². The maximum absolute atomic E-state index is 12.9. The summed E-state index contributed by atoms with van der Waals surface area (Å²) in [7, 11) is 0. The van der Waals surface area contributed by atoms with Crippen molar-refractivity contribution >= 4 is 34.5 Å². The zero-order valence-electron chi connectivity index (χ0n) is 23.8. The van der Waals surface area contributed by atoms with E-state index in [0.29, 0.717) is 30.1 Å². The number of para-hydroxylation sites is 1. The Kier molecular flexibility index (Phi) is 7.27. The summed E-state index contributed by atoms with van der Waals surface area (Å²) >= 11 is 0. The fourth-order valence-electron chi connectivity index (χ4n) is 5.55. The van der Waals surface area contributed by atoms with Crippen LogP contribution >= 0.6 is 0 Å². The number of hydrogen-bond acceptors (Lipinski definition) is 7. The number of carbonyl (C=O) groups is 3. The Morgan fingerprint density at radius 1 is 1.02 bits per heavy atom. The molecule has 1 fully saturated rings. The van der Waals surface area contributed by atoms with Gasteiger partial charge in [0, 0.05) is 40.6 Å². The first kappa shape index (κ1) is 27.9. The standard InChI is InChI=1S/C33H31N5O5/c1-21-16-23(27-10-6-7-11-28(27)35-21)19-42-26-14-12-24(13-15-26)33(20-34-29(39)22-8-4-3-5-9-22)18-25(38-43-33)17-32(2)30(40)36-31(41)37-32/h3-16H,17-20H2,1-2H3,(H,34,39)(H2,36,37,40,41). The molecule has 0 saturated carbocycles. The number of urea groups is 1. The first-order valence-corrected chi connectivity index (χ1v) is 14.0. The summed E-state index contributed by atoms with van der Waals surface area (Å²) in [5.41, 5.74) is 2.62. The second kappa shape index (κ2) is 11.2. The number of fused-ring (bicyclic) bond motifs is 1. The van der Waals surface area contributed by atoms with Gasteiger partial charge in [-0.1, -0.05) is 53.7 Å². The Labute approximate surface area is 248 Å². The van der Waals surface area contributed by atoms with Crippen LogP contribution in [0.3, 0.4) is 0 Å². The Morgan fingerprint density at radius 2 is 1.77 bits per heavy atom. The van der Waals surface area contributed by atoms with E-state index in [9.17, 15) is 14.4 Å². The highest BCUT2D eigenvalue weighted by Gasteiger charge is 2.47. The summed E-state index contributed by atoms with van der Waals surface area (Å²) < 4.78 is 6.16. The first-order chi connectivity index (χ1) is 20.7. The van der Waals surface area contributed by atoms with E-state index in [0.717, 1.165) is 27.7 Å². The van der Waals surface area contributed by atoms with Crippen LogP contribution in [0.5, 0.6) is 5.75 Å². The van der Waals surface area contributed by atoms with Crippen LogP contribution in [-0.4, -0.2) is 40.6 Å². The number of nitrogens with one attached hydrogen (secondary N) is 3. The average Bonchev–Trinajstić information content (AvgIpc) is 3.53. The van der Waals surface area contributed by atoms with Gasteiger partial charge in [-0.15, -0.1) is 0 Å². The highest BCUT2D eigenvalue weighted by Crippen LogP contribution is 2.37. The predicted octanol–water partition coefficient (Wildman–Crippen LogP) is 4.51. The smallest absolute Gasteiger partial charge is 0.322 e. The molecule has 2 aliphatic heterocycles. The molecule has 0 bridgehead atoms. The van der Waals surface area contributed by atoms with Crippen LogP contribution in [0.4, 0.5) is 4.79 Å². The van der Waals surface area contributed by atoms with Crippen molar-refractivity contribution in [3.05, 3.63) is 107 Å². The molecule has 2 aliphatic rings. The van der Waals surface area contributed by atoms with Crippen molar-refractivity contribution in [1.82, 2.24) is 20.9 Å². The summed E-state index contributed by atoms with van der Waals surface area (Å²) in [4.78, 5) is 47.8. The number of nitrogens with zero attached hydrogens (tertiary/aromatic N) is 2. The highest BCUT2D eigenvalue weighted by atomic mass is 16.7. The number of ether oxygens (including phenoxy) is 1. The minimum absolute atomic E-state index is 0.130. The number of rotatable bonds is 9. The molecule has 4 amide bonds. The van der Waals surface area contributed by atoms with Gasteiger partial charge in [-0.25, -0.2) is 4.79 Å². The minimum atomic E-state index is -1.14. The van der Waals surface area contributed by atoms with Gasteiger partial charge in [0.2, 0.25) is 0 Å². The van der Waals surface area contributed by atoms with E-state index in [-0.39, 0.29) is 18.9 Å². The second-order valence-corrected chi connectivity index (χ2v) is 11.1. The molecule has 0 aliphatic carbocycles. The van der Waals surface area contributed by atoms with E-state index in [4.69, 9.17) is 9.57 Å². The van der Waals surface area contributed by atoms with Crippen molar-refractivity contribution in [1.29, 1.82) is 0 Å². The second-order valence-electron chi connectivity index (χ2n) is 11.1. The Balaban J connectivity index is 1.20. The lowest BCUT2D eigenvalue weighted by molar-refractivity contribution is -0.123. The minimum Gasteiger partial charge on any atom is -0.489 e. The Bertz CT molecular complexity index is 1740. The molecule has 3 aromatic carbocycles. The van der Waals surface area contributed by atoms with Crippen LogP contribution in [-0.2, 0) is 21.8 Å². The van der Waals surface area contributed by atoms with Crippen molar-refractivity contribution in [2.24, 2.45) is 5.16 Å². The van der Waals surface area contributed by atoms with Crippen molar-refractivity contribution in [2.75, 3.05) is 6.54 Å². The van der Waals surface area contributed by atoms with Gasteiger partial charge >= 0.3 is 6.03 Å². The van der Waals surface area contributed by atoms with Gasteiger partial charge in [0.05, 0.1) is 17.8 Å². The molecule has 0 radical (unpaired) electrons. The lowest BCUT2D eigenvalue weighted by atomic mass is 9.84. The quantitative estimate of drug-likeness (QED) is 0.251. The molecule has 2 atom stereocenters. The molecule has 43 heavy (non-hydrogen) atoms. The fourth-order valence-corrected chi connectivity index (χ4v) is 5.55. The van der Waals surface area contributed by atoms with Crippen LogP contribution in [0.15, 0.2) is 90.1 Å². The summed E-state index contributed by atoms with van der Waals surface area (Å²) in [6.45, 7) is 4.11. The van der Waals surface area contributed by atoms with E-state index in [1.165, 1.54) is 0 Å². The lowest BCUT2D eigenvalue weighted by Crippen LogP contribution is -2.46. The number of amides is 4. The monoisotopic (exact) mass is 577 g/mol. The molecule has 3 heterocycles. The highest BCUT2D eigenvalue weighted by molar-refractivity contribution is 6.09.